The number of benzene rings is 2. The monoisotopic (exact) mass is 401 g/mol. The third-order valence-corrected chi connectivity index (χ3v) is 4.28. The van der Waals surface area contributed by atoms with E-state index in [-0.39, 0.29) is 0 Å². The molecule has 1 aromatic heterocycles. The summed E-state index contributed by atoms with van der Waals surface area (Å²) >= 11 is 9.01. The molecule has 0 aliphatic carbocycles. The number of hydrogen-bond donors (Lipinski definition) is 1. The van der Waals surface area contributed by atoms with Crippen LogP contribution >= 0.6 is 28.1 Å². The highest BCUT2D eigenvalue weighted by molar-refractivity contribution is 9.10. The zero-order valence-corrected chi connectivity index (χ0v) is 15.3. The van der Waals surface area contributed by atoms with Crippen LogP contribution in [0.25, 0.3) is 0 Å². The van der Waals surface area contributed by atoms with E-state index >= 15 is 0 Å². The maximum absolute atomic E-state index is 5.96. The van der Waals surface area contributed by atoms with Crippen molar-refractivity contribution in [3.63, 3.8) is 0 Å². The average Bonchev–Trinajstić information content (AvgIpc) is 3.13. The number of hydrogen-bond acceptors (Lipinski definition) is 3. The van der Waals surface area contributed by atoms with Crippen LogP contribution in [0.1, 0.15) is 16.9 Å². The Morgan fingerprint density at radius 3 is 2.67 bits per heavy atom. The number of furan rings is 1. The summed E-state index contributed by atoms with van der Waals surface area (Å²) in [5.41, 5.74) is 1.96. The fraction of sp³-hybridized carbons (Fsp3) is 0.105. The van der Waals surface area contributed by atoms with Gasteiger partial charge in [-0.3, -0.25) is 0 Å². The predicted octanol–water partition coefficient (Wildman–Crippen LogP) is 5.09. The van der Waals surface area contributed by atoms with Gasteiger partial charge in [0, 0.05) is 4.47 Å². The lowest BCUT2D eigenvalue weighted by molar-refractivity contribution is 0.305. The van der Waals surface area contributed by atoms with Crippen molar-refractivity contribution in [2.75, 3.05) is 0 Å². The molecular formula is C19H16BrNO2S. The van der Waals surface area contributed by atoms with Crippen molar-refractivity contribution >= 4 is 33.1 Å². The second-order valence-electron chi connectivity index (χ2n) is 5.18. The second kappa shape index (κ2) is 8.13. The van der Waals surface area contributed by atoms with Crippen molar-refractivity contribution in [3.05, 3.63) is 88.3 Å². The summed E-state index contributed by atoms with van der Waals surface area (Å²) in [6, 6.07) is 19.6. The SMILES string of the molecule is S=C(NCc1ccco1)c1cc(Br)ccc1OCc1ccccc1. The fourth-order valence-electron chi connectivity index (χ4n) is 2.22. The van der Waals surface area contributed by atoms with E-state index in [4.69, 9.17) is 21.4 Å². The van der Waals surface area contributed by atoms with Crippen molar-refractivity contribution in [2.24, 2.45) is 0 Å². The smallest absolute Gasteiger partial charge is 0.130 e. The molecule has 0 saturated heterocycles. The summed E-state index contributed by atoms with van der Waals surface area (Å²) in [7, 11) is 0. The molecule has 1 N–H and O–H groups in total. The Hall–Kier alpha value is -2.11. The zero-order chi connectivity index (χ0) is 16.8. The first-order valence-corrected chi connectivity index (χ1v) is 8.69. The molecule has 1 heterocycles. The molecule has 0 fully saturated rings. The summed E-state index contributed by atoms with van der Waals surface area (Å²) in [6.45, 7) is 1.03. The molecule has 122 valence electrons. The van der Waals surface area contributed by atoms with Crippen molar-refractivity contribution in [1.29, 1.82) is 0 Å². The molecule has 0 atom stereocenters. The summed E-state index contributed by atoms with van der Waals surface area (Å²) < 4.78 is 12.2. The van der Waals surface area contributed by atoms with Crippen molar-refractivity contribution in [2.45, 2.75) is 13.2 Å². The van der Waals surface area contributed by atoms with Crippen LogP contribution in [-0.4, -0.2) is 4.99 Å². The third-order valence-electron chi connectivity index (χ3n) is 3.43. The van der Waals surface area contributed by atoms with Gasteiger partial charge < -0.3 is 14.5 Å². The largest absolute Gasteiger partial charge is 0.488 e. The first kappa shape index (κ1) is 16.7. The van der Waals surface area contributed by atoms with Gasteiger partial charge in [-0.05, 0) is 35.9 Å². The zero-order valence-electron chi connectivity index (χ0n) is 12.9. The molecule has 0 aliphatic heterocycles. The first-order chi connectivity index (χ1) is 11.7. The maximum atomic E-state index is 5.96. The van der Waals surface area contributed by atoms with Crippen LogP contribution in [0.15, 0.2) is 75.8 Å². The Balaban J connectivity index is 1.71. The number of thiocarbonyl (C=S) groups is 1. The van der Waals surface area contributed by atoms with E-state index in [2.05, 4.69) is 21.2 Å². The van der Waals surface area contributed by atoms with E-state index in [0.29, 0.717) is 18.1 Å². The molecule has 3 rings (SSSR count). The molecule has 0 saturated carbocycles. The highest BCUT2D eigenvalue weighted by Crippen LogP contribution is 2.24. The molecule has 0 spiro atoms. The van der Waals surface area contributed by atoms with Gasteiger partial charge in [-0.15, -0.1) is 0 Å². The molecule has 0 aliphatic rings. The van der Waals surface area contributed by atoms with Gasteiger partial charge in [0.2, 0.25) is 0 Å². The number of ether oxygens (including phenoxy) is 1. The van der Waals surface area contributed by atoms with Crippen LogP contribution in [0.3, 0.4) is 0 Å². The quantitative estimate of drug-likeness (QED) is 0.583. The molecule has 5 heteroatoms. The molecule has 0 amide bonds. The normalized spacial score (nSPS) is 10.4. The van der Waals surface area contributed by atoms with Gasteiger partial charge in [-0.2, -0.15) is 0 Å². The van der Waals surface area contributed by atoms with E-state index in [1.54, 1.807) is 6.26 Å². The van der Waals surface area contributed by atoms with Crippen LogP contribution in [0.2, 0.25) is 0 Å². The number of halogens is 1. The Labute approximate surface area is 154 Å². The molecule has 24 heavy (non-hydrogen) atoms. The van der Waals surface area contributed by atoms with Gasteiger partial charge in [0.1, 0.15) is 23.1 Å². The molecular weight excluding hydrogens is 386 g/mol. The molecule has 3 nitrogen and oxygen atoms in total. The average molecular weight is 402 g/mol. The van der Waals surface area contributed by atoms with Crippen LogP contribution in [-0.2, 0) is 13.2 Å². The predicted molar refractivity (Wildman–Crippen MR) is 102 cm³/mol. The molecule has 0 bridgehead atoms. The lowest BCUT2D eigenvalue weighted by Crippen LogP contribution is -2.22. The van der Waals surface area contributed by atoms with Crippen LogP contribution < -0.4 is 10.1 Å². The summed E-state index contributed by atoms with van der Waals surface area (Å²) in [5, 5.41) is 3.20. The summed E-state index contributed by atoms with van der Waals surface area (Å²) in [6.07, 6.45) is 1.65. The van der Waals surface area contributed by atoms with Crippen LogP contribution in [0.4, 0.5) is 0 Å². The Morgan fingerprint density at radius 2 is 1.92 bits per heavy atom. The van der Waals surface area contributed by atoms with E-state index in [0.717, 1.165) is 27.1 Å². The summed E-state index contributed by atoms with van der Waals surface area (Å²) in [5.74, 6) is 1.58. The third kappa shape index (κ3) is 4.46. The Kier molecular flexibility index (Phi) is 5.67. The Bertz CT molecular complexity index is 803. The van der Waals surface area contributed by atoms with E-state index in [1.165, 1.54) is 0 Å². The highest BCUT2D eigenvalue weighted by Gasteiger charge is 2.11. The first-order valence-electron chi connectivity index (χ1n) is 7.49. The van der Waals surface area contributed by atoms with Crippen molar-refractivity contribution in [3.8, 4) is 5.75 Å². The molecule has 2 aromatic carbocycles. The molecule has 3 aromatic rings. The number of nitrogens with one attached hydrogen (secondary N) is 1. The van der Waals surface area contributed by atoms with Gasteiger partial charge in [-0.1, -0.05) is 58.5 Å². The number of rotatable bonds is 6. The van der Waals surface area contributed by atoms with E-state index in [9.17, 15) is 0 Å². The lowest BCUT2D eigenvalue weighted by atomic mass is 10.2. The minimum Gasteiger partial charge on any atom is -0.488 e. The van der Waals surface area contributed by atoms with Crippen molar-refractivity contribution in [1.82, 2.24) is 5.32 Å². The Morgan fingerprint density at radius 1 is 1.08 bits per heavy atom. The van der Waals surface area contributed by atoms with Gasteiger partial charge in [-0.25, -0.2) is 0 Å². The van der Waals surface area contributed by atoms with E-state index in [1.807, 2.05) is 60.7 Å². The standard InChI is InChI=1S/C19H16BrNO2S/c20-15-8-9-18(23-13-14-5-2-1-3-6-14)17(11-15)19(24)21-12-16-7-4-10-22-16/h1-11H,12-13H2,(H,21,24). The van der Waals surface area contributed by atoms with Gasteiger partial charge in [0.15, 0.2) is 0 Å². The van der Waals surface area contributed by atoms with E-state index < -0.39 is 0 Å². The topological polar surface area (TPSA) is 34.4 Å². The van der Waals surface area contributed by atoms with Crippen LogP contribution in [0, 0.1) is 0 Å². The van der Waals surface area contributed by atoms with Gasteiger partial charge >= 0.3 is 0 Å². The van der Waals surface area contributed by atoms with Crippen LogP contribution in [0.5, 0.6) is 5.75 Å². The summed E-state index contributed by atoms with van der Waals surface area (Å²) in [4.78, 5) is 0.621. The lowest BCUT2D eigenvalue weighted by Gasteiger charge is -2.14. The fourth-order valence-corrected chi connectivity index (χ4v) is 2.81. The maximum Gasteiger partial charge on any atom is 0.130 e. The highest BCUT2D eigenvalue weighted by atomic mass is 79.9. The minimum absolute atomic E-state index is 0.496. The van der Waals surface area contributed by atoms with Gasteiger partial charge in [0.05, 0.1) is 18.4 Å². The molecule has 0 unspecified atom stereocenters. The van der Waals surface area contributed by atoms with Gasteiger partial charge in [0.25, 0.3) is 0 Å². The molecule has 0 radical (unpaired) electrons. The minimum atomic E-state index is 0.496. The van der Waals surface area contributed by atoms with Crippen molar-refractivity contribution < 1.29 is 9.15 Å². The second-order valence-corrected chi connectivity index (χ2v) is 6.50.